The Morgan fingerprint density at radius 3 is 1.29 bits per heavy atom. The van der Waals surface area contributed by atoms with Gasteiger partial charge in [-0.1, -0.05) is 96.1 Å². The van der Waals surface area contributed by atoms with Crippen molar-refractivity contribution in [1.82, 2.24) is 0 Å². The fourth-order valence-electron chi connectivity index (χ4n) is 5.04. The van der Waals surface area contributed by atoms with Gasteiger partial charge in [0.1, 0.15) is 0 Å². The number of halogens is 4. The Labute approximate surface area is 230 Å². The average molecular weight is 718 g/mol. The molecule has 0 radical (unpaired) electrons. The maximum Gasteiger partial charge on any atom is 0.0708 e. The molecule has 0 nitrogen and oxygen atoms in total. The topological polar surface area (TPSA) is 0 Å². The summed E-state index contributed by atoms with van der Waals surface area (Å²) >= 11 is 18.6. The molecule has 0 N–H and O–H groups in total. The molecule has 1 aliphatic carbocycles. The van der Waals surface area contributed by atoms with Gasteiger partial charge in [-0.3, -0.25) is 0 Å². The molecule has 2 aromatic rings. The fraction of sp³-hybridized carbons (Fsp3) is 0.680. The van der Waals surface area contributed by atoms with E-state index in [1.54, 1.807) is 11.1 Å². The molecule has 0 atom stereocenters. The van der Waals surface area contributed by atoms with Crippen molar-refractivity contribution in [2.75, 3.05) is 10.7 Å². The van der Waals surface area contributed by atoms with Crippen LogP contribution in [-0.2, 0) is 5.41 Å². The van der Waals surface area contributed by atoms with Crippen LogP contribution in [0.4, 0.5) is 0 Å². The second kappa shape index (κ2) is 14.0. The number of alkyl halides is 2. The predicted octanol–water partition coefficient (Wildman–Crippen LogP) is 11.9. The lowest BCUT2D eigenvalue weighted by Gasteiger charge is -2.31. The maximum atomic E-state index is 3.81. The summed E-state index contributed by atoms with van der Waals surface area (Å²) in [6, 6.07) is 4.90. The molecule has 2 aromatic heterocycles. The average Bonchev–Trinajstić information content (AvgIpc) is 3.38. The summed E-state index contributed by atoms with van der Waals surface area (Å²) in [5.41, 5.74) is 3.48. The van der Waals surface area contributed by atoms with E-state index in [1.165, 1.54) is 107 Å². The van der Waals surface area contributed by atoms with Gasteiger partial charge in [-0.15, -0.1) is 22.7 Å². The maximum absolute atomic E-state index is 3.81. The van der Waals surface area contributed by atoms with Crippen LogP contribution >= 0.6 is 86.4 Å². The lowest BCUT2D eigenvalue weighted by molar-refractivity contribution is 0.398. The van der Waals surface area contributed by atoms with Crippen molar-refractivity contribution >= 4 is 86.4 Å². The first-order valence-electron chi connectivity index (χ1n) is 11.8. The standard InChI is InChI=1S/C25H34Br4S2/c26-15-11-7-3-1-5-9-13-25(14-10-6-2-4-8-12-16-27)19-17-21(28)30-23(19)24-20(25)18-22(29)31-24/h17-18H,1-16H2. The first kappa shape index (κ1) is 26.9. The lowest BCUT2D eigenvalue weighted by Crippen LogP contribution is -2.24. The van der Waals surface area contributed by atoms with Crippen LogP contribution in [0.3, 0.4) is 0 Å². The van der Waals surface area contributed by atoms with E-state index in [0.717, 1.165) is 10.7 Å². The van der Waals surface area contributed by atoms with Gasteiger partial charge in [-0.05, 0) is 80.8 Å². The Hall–Kier alpha value is 1.32. The van der Waals surface area contributed by atoms with Crippen LogP contribution < -0.4 is 0 Å². The number of rotatable bonds is 16. The molecule has 174 valence electrons. The molecular weight excluding hydrogens is 684 g/mol. The quantitative estimate of drug-likeness (QED) is 0.120. The van der Waals surface area contributed by atoms with Crippen molar-refractivity contribution in [2.24, 2.45) is 0 Å². The van der Waals surface area contributed by atoms with Crippen LogP contribution in [0.2, 0.25) is 0 Å². The van der Waals surface area contributed by atoms with Crippen LogP contribution in [-0.4, -0.2) is 10.7 Å². The Balaban J connectivity index is 1.67. The molecule has 0 unspecified atom stereocenters. The van der Waals surface area contributed by atoms with Crippen molar-refractivity contribution in [2.45, 2.75) is 95.3 Å². The van der Waals surface area contributed by atoms with Crippen molar-refractivity contribution in [1.29, 1.82) is 0 Å². The molecule has 0 spiro atoms. The zero-order valence-electron chi connectivity index (χ0n) is 18.3. The van der Waals surface area contributed by atoms with E-state index < -0.39 is 0 Å². The largest absolute Gasteiger partial charge is 0.127 e. The first-order chi connectivity index (χ1) is 15.1. The van der Waals surface area contributed by atoms with Gasteiger partial charge in [0.15, 0.2) is 0 Å². The van der Waals surface area contributed by atoms with Crippen molar-refractivity contribution in [3.8, 4) is 9.75 Å². The highest BCUT2D eigenvalue weighted by molar-refractivity contribution is 9.11. The molecule has 0 amide bonds. The van der Waals surface area contributed by atoms with E-state index >= 15 is 0 Å². The van der Waals surface area contributed by atoms with E-state index in [-0.39, 0.29) is 5.41 Å². The zero-order chi connectivity index (χ0) is 22.1. The third-order valence-corrected chi connectivity index (χ3v) is 11.2. The summed E-state index contributed by atoms with van der Waals surface area (Å²) in [5, 5.41) is 2.30. The summed E-state index contributed by atoms with van der Waals surface area (Å²) in [6.45, 7) is 0. The minimum absolute atomic E-state index is 0.238. The molecule has 6 heteroatoms. The Morgan fingerprint density at radius 1 is 0.548 bits per heavy atom. The minimum atomic E-state index is 0.238. The summed E-state index contributed by atoms with van der Waals surface area (Å²) in [7, 11) is 0. The van der Waals surface area contributed by atoms with Crippen LogP contribution in [0.5, 0.6) is 0 Å². The van der Waals surface area contributed by atoms with Crippen LogP contribution in [0.25, 0.3) is 9.75 Å². The smallest absolute Gasteiger partial charge is 0.0708 e. The van der Waals surface area contributed by atoms with Crippen molar-refractivity contribution in [3.63, 3.8) is 0 Å². The summed E-state index contributed by atoms with van der Waals surface area (Å²) < 4.78 is 2.59. The highest BCUT2D eigenvalue weighted by Gasteiger charge is 2.45. The summed E-state index contributed by atoms with van der Waals surface area (Å²) in [4.78, 5) is 3.07. The molecule has 0 fully saturated rings. The van der Waals surface area contributed by atoms with E-state index in [2.05, 4.69) is 75.9 Å². The number of thiophene rings is 2. The van der Waals surface area contributed by atoms with Gasteiger partial charge < -0.3 is 0 Å². The first-order valence-corrected chi connectivity index (χ1v) is 17.3. The Bertz CT molecular complexity index is 729. The van der Waals surface area contributed by atoms with Crippen molar-refractivity contribution < 1.29 is 0 Å². The molecule has 0 saturated heterocycles. The molecule has 0 aliphatic heterocycles. The lowest BCUT2D eigenvalue weighted by atomic mass is 9.71. The third kappa shape index (κ3) is 7.16. The van der Waals surface area contributed by atoms with Gasteiger partial charge in [-0.25, -0.2) is 0 Å². The van der Waals surface area contributed by atoms with E-state index in [0.29, 0.717) is 0 Å². The van der Waals surface area contributed by atoms with Gasteiger partial charge in [-0.2, -0.15) is 0 Å². The van der Waals surface area contributed by atoms with Crippen LogP contribution in [0.15, 0.2) is 19.7 Å². The second-order valence-electron chi connectivity index (χ2n) is 8.79. The van der Waals surface area contributed by atoms with E-state index in [4.69, 9.17) is 0 Å². The van der Waals surface area contributed by atoms with Gasteiger partial charge in [0.25, 0.3) is 0 Å². The van der Waals surface area contributed by atoms with E-state index in [1.807, 2.05) is 22.7 Å². The third-order valence-electron chi connectivity index (χ3n) is 6.62. The number of fused-ring (bicyclic) bond motifs is 3. The van der Waals surface area contributed by atoms with Crippen LogP contribution in [0, 0.1) is 0 Å². The SMILES string of the molecule is BrCCCCCCCCC1(CCCCCCCCBr)c2cc(Br)sc2-c2sc(Br)cc21. The number of unbranched alkanes of at least 4 members (excludes halogenated alkanes) is 10. The molecule has 1 aliphatic rings. The number of hydrogen-bond acceptors (Lipinski definition) is 2. The normalized spacial score (nSPS) is 14.2. The highest BCUT2D eigenvalue weighted by Crippen LogP contribution is 2.60. The molecule has 0 saturated carbocycles. The molecular formula is C25H34Br4S2. The fourth-order valence-corrected chi connectivity index (χ4v) is 9.39. The van der Waals surface area contributed by atoms with Gasteiger partial charge in [0.2, 0.25) is 0 Å². The van der Waals surface area contributed by atoms with Gasteiger partial charge >= 0.3 is 0 Å². The molecule has 2 heterocycles. The summed E-state index contributed by atoms with van der Waals surface area (Å²) in [6.07, 6.45) is 19.0. The van der Waals surface area contributed by atoms with Gasteiger partial charge in [0.05, 0.1) is 7.57 Å². The van der Waals surface area contributed by atoms with Crippen LogP contribution in [0.1, 0.15) is 101 Å². The van der Waals surface area contributed by atoms with Gasteiger partial charge in [0, 0.05) is 25.8 Å². The van der Waals surface area contributed by atoms with E-state index in [9.17, 15) is 0 Å². The second-order valence-corrected chi connectivity index (χ2v) is 15.2. The summed E-state index contributed by atoms with van der Waals surface area (Å²) in [5.74, 6) is 0. The monoisotopic (exact) mass is 714 g/mol. The highest BCUT2D eigenvalue weighted by atomic mass is 79.9. The molecule has 31 heavy (non-hydrogen) atoms. The zero-order valence-corrected chi connectivity index (χ0v) is 26.3. The molecule has 0 aromatic carbocycles. The predicted molar refractivity (Wildman–Crippen MR) is 156 cm³/mol. The number of hydrogen-bond donors (Lipinski definition) is 0. The molecule has 0 bridgehead atoms. The Kier molecular flexibility index (Phi) is 12.2. The van der Waals surface area contributed by atoms with Crippen molar-refractivity contribution in [3.05, 3.63) is 30.8 Å². The Morgan fingerprint density at radius 2 is 0.903 bits per heavy atom. The molecule has 3 rings (SSSR count). The minimum Gasteiger partial charge on any atom is -0.127 e.